The molecule has 0 amide bonds. The van der Waals surface area contributed by atoms with Crippen molar-refractivity contribution in [1.29, 1.82) is 0 Å². The van der Waals surface area contributed by atoms with E-state index >= 15 is 0 Å². The van der Waals surface area contributed by atoms with Gasteiger partial charge in [-0.3, -0.25) is 0 Å². The Morgan fingerprint density at radius 1 is 1.32 bits per heavy atom. The van der Waals surface area contributed by atoms with Crippen molar-refractivity contribution in [3.05, 3.63) is 52.3 Å². The number of thiazole rings is 1. The molecule has 1 heterocycles. The molecule has 0 aliphatic carbocycles. The number of nitrogens with one attached hydrogen (secondary N) is 1. The van der Waals surface area contributed by atoms with Crippen molar-refractivity contribution < 1.29 is 0 Å². The lowest BCUT2D eigenvalue weighted by molar-refractivity contribution is 0.400. The van der Waals surface area contributed by atoms with Gasteiger partial charge in [0, 0.05) is 24.7 Å². The second-order valence-electron chi connectivity index (χ2n) is 5.30. The van der Waals surface area contributed by atoms with E-state index in [0.717, 1.165) is 30.9 Å². The van der Waals surface area contributed by atoms with Crippen molar-refractivity contribution in [2.75, 3.05) is 27.2 Å². The SMILES string of the molecule is CN(C)CCCNC(=S)N=c1sccn1Cc1ccccc1. The Hall–Kier alpha value is -1.50. The lowest BCUT2D eigenvalue weighted by Gasteiger charge is -2.09. The number of rotatable bonds is 6. The van der Waals surface area contributed by atoms with E-state index in [-0.39, 0.29) is 0 Å². The summed E-state index contributed by atoms with van der Waals surface area (Å²) in [6.07, 6.45) is 3.10. The van der Waals surface area contributed by atoms with Crippen LogP contribution in [0.3, 0.4) is 0 Å². The number of hydrogen-bond acceptors (Lipinski definition) is 3. The van der Waals surface area contributed by atoms with Crippen molar-refractivity contribution in [3.63, 3.8) is 0 Å². The van der Waals surface area contributed by atoms with Gasteiger partial charge in [0.15, 0.2) is 9.91 Å². The van der Waals surface area contributed by atoms with Gasteiger partial charge in [0.2, 0.25) is 0 Å². The molecule has 2 aromatic rings. The van der Waals surface area contributed by atoms with Crippen LogP contribution >= 0.6 is 23.6 Å². The van der Waals surface area contributed by atoms with E-state index in [1.807, 2.05) is 17.6 Å². The summed E-state index contributed by atoms with van der Waals surface area (Å²) in [6.45, 7) is 2.71. The van der Waals surface area contributed by atoms with Crippen LogP contribution in [0.5, 0.6) is 0 Å². The minimum Gasteiger partial charge on any atom is -0.361 e. The monoisotopic (exact) mass is 334 g/mol. The number of thiocarbonyl (C=S) groups is 1. The highest BCUT2D eigenvalue weighted by Gasteiger charge is 1.99. The van der Waals surface area contributed by atoms with E-state index in [0.29, 0.717) is 5.11 Å². The maximum absolute atomic E-state index is 5.31. The molecule has 1 aromatic carbocycles. The second-order valence-corrected chi connectivity index (χ2v) is 6.56. The molecule has 0 aliphatic rings. The van der Waals surface area contributed by atoms with Crippen LogP contribution in [0.25, 0.3) is 0 Å². The van der Waals surface area contributed by atoms with Crippen LogP contribution in [0, 0.1) is 0 Å². The Morgan fingerprint density at radius 2 is 2.09 bits per heavy atom. The van der Waals surface area contributed by atoms with Gasteiger partial charge in [0.05, 0.1) is 0 Å². The minimum absolute atomic E-state index is 0.558. The second kappa shape index (κ2) is 8.82. The first-order valence-electron chi connectivity index (χ1n) is 7.30. The molecule has 0 aliphatic heterocycles. The highest BCUT2D eigenvalue weighted by atomic mass is 32.1. The van der Waals surface area contributed by atoms with Crippen molar-refractivity contribution in [3.8, 4) is 0 Å². The molecule has 0 radical (unpaired) electrons. The van der Waals surface area contributed by atoms with Gasteiger partial charge in [0.1, 0.15) is 0 Å². The van der Waals surface area contributed by atoms with E-state index in [1.165, 1.54) is 5.56 Å². The average Bonchev–Trinajstić information content (AvgIpc) is 2.91. The summed E-state index contributed by atoms with van der Waals surface area (Å²) in [6, 6.07) is 10.4. The molecule has 118 valence electrons. The van der Waals surface area contributed by atoms with Gasteiger partial charge in [0.25, 0.3) is 0 Å². The van der Waals surface area contributed by atoms with E-state index < -0.39 is 0 Å². The molecule has 6 heteroatoms. The van der Waals surface area contributed by atoms with Gasteiger partial charge in [-0.05, 0) is 44.8 Å². The Kier molecular flexibility index (Phi) is 6.76. The molecular formula is C16H22N4S2. The van der Waals surface area contributed by atoms with E-state index in [4.69, 9.17) is 12.2 Å². The van der Waals surface area contributed by atoms with Gasteiger partial charge in [-0.1, -0.05) is 30.3 Å². The predicted molar refractivity (Wildman–Crippen MR) is 97.2 cm³/mol. The lowest BCUT2D eigenvalue weighted by atomic mass is 10.2. The van der Waals surface area contributed by atoms with Gasteiger partial charge in [-0.25, -0.2) is 0 Å². The van der Waals surface area contributed by atoms with Crippen LogP contribution < -0.4 is 10.1 Å². The zero-order valence-electron chi connectivity index (χ0n) is 13.0. The van der Waals surface area contributed by atoms with Crippen LogP contribution in [0.15, 0.2) is 46.9 Å². The van der Waals surface area contributed by atoms with E-state index in [9.17, 15) is 0 Å². The third kappa shape index (κ3) is 5.71. The number of hydrogen-bond donors (Lipinski definition) is 1. The predicted octanol–water partition coefficient (Wildman–Crippen LogP) is 2.32. The Labute approximate surface area is 141 Å². The third-order valence-corrected chi connectivity index (χ3v) is 4.14. The number of nitrogens with zero attached hydrogens (tertiary/aromatic N) is 3. The first-order valence-corrected chi connectivity index (χ1v) is 8.59. The van der Waals surface area contributed by atoms with Crippen LogP contribution in [0.1, 0.15) is 12.0 Å². The largest absolute Gasteiger partial charge is 0.361 e. The molecular weight excluding hydrogens is 312 g/mol. The highest BCUT2D eigenvalue weighted by Crippen LogP contribution is 2.01. The fourth-order valence-electron chi connectivity index (χ4n) is 2.00. The summed E-state index contributed by atoms with van der Waals surface area (Å²) in [5.74, 6) is 0. The summed E-state index contributed by atoms with van der Waals surface area (Å²) in [5, 5.41) is 5.80. The van der Waals surface area contributed by atoms with Crippen LogP contribution in [-0.2, 0) is 6.54 Å². The molecule has 0 saturated carbocycles. The zero-order valence-corrected chi connectivity index (χ0v) is 14.7. The fourth-order valence-corrected chi connectivity index (χ4v) is 2.98. The maximum Gasteiger partial charge on any atom is 0.195 e. The van der Waals surface area contributed by atoms with Crippen LogP contribution in [0.2, 0.25) is 0 Å². The Balaban J connectivity index is 1.94. The van der Waals surface area contributed by atoms with Gasteiger partial charge in [-0.15, -0.1) is 11.3 Å². The van der Waals surface area contributed by atoms with Crippen LogP contribution in [0.4, 0.5) is 0 Å². The number of benzene rings is 1. The molecule has 2 rings (SSSR count). The molecule has 0 fully saturated rings. The maximum atomic E-state index is 5.31. The van der Waals surface area contributed by atoms with Gasteiger partial charge < -0.3 is 14.8 Å². The normalized spacial score (nSPS) is 11.9. The minimum atomic E-state index is 0.558. The van der Waals surface area contributed by atoms with Crippen molar-refractivity contribution >= 4 is 28.7 Å². The topological polar surface area (TPSA) is 32.6 Å². The van der Waals surface area contributed by atoms with Crippen molar-refractivity contribution in [2.45, 2.75) is 13.0 Å². The molecule has 0 unspecified atom stereocenters. The summed E-state index contributed by atoms with van der Waals surface area (Å²) in [5.41, 5.74) is 1.26. The molecule has 22 heavy (non-hydrogen) atoms. The molecule has 0 bridgehead atoms. The first kappa shape index (κ1) is 16.9. The third-order valence-electron chi connectivity index (χ3n) is 3.11. The highest BCUT2D eigenvalue weighted by molar-refractivity contribution is 7.80. The fraction of sp³-hybridized carbons (Fsp3) is 0.375. The quantitative estimate of drug-likeness (QED) is 0.650. The van der Waals surface area contributed by atoms with Crippen molar-refractivity contribution in [1.82, 2.24) is 14.8 Å². The van der Waals surface area contributed by atoms with Gasteiger partial charge >= 0.3 is 0 Å². The zero-order chi connectivity index (χ0) is 15.8. The number of aromatic nitrogens is 1. The summed E-state index contributed by atoms with van der Waals surface area (Å²) >= 11 is 6.91. The summed E-state index contributed by atoms with van der Waals surface area (Å²) < 4.78 is 2.12. The lowest BCUT2D eigenvalue weighted by Crippen LogP contribution is -2.27. The summed E-state index contributed by atoms with van der Waals surface area (Å²) in [7, 11) is 4.14. The smallest absolute Gasteiger partial charge is 0.195 e. The molecule has 0 spiro atoms. The Morgan fingerprint density at radius 3 is 2.82 bits per heavy atom. The van der Waals surface area contributed by atoms with Gasteiger partial charge in [-0.2, -0.15) is 4.99 Å². The van der Waals surface area contributed by atoms with E-state index in [1.54, 1.807) is 11.3 Å². The van der Waals surface area contributed by atoms with Crippen LogP contribution in [-0.4, -0.2) is 41.8 Å². The summed E-state index contributed by atoms with van der Waals surface area (Å²) in [4.78, 5) is 7.61. The molecule has 0 atom stereocenters. The first-order chi connectivity index (χ1) is 10.6. The molecule has 0 saturated heterocycles. The average molecular weight is 335 g/mol. The molecule has 1 aromatic heterocycles. The standard InChI is InChI=1S/C16H22N4S2/c1-19(2)10-6-9-17-15(21)18-16-20(11-12-22-16)13-14-7-4-3-5-8-14/h3-5,7-8,11-12H,6,9-10,13H2,1-2H3,(H,17,21). The molecule has 1 N–H and O–H groups in total. The van der Waals surface area contributed by atoms with Crippen molar-refractivity contribution in [2.24, 2.45) is 4.99 Å². The Bertz CT molecular complexity index is 643. The van der Waals surface area contributed by atoms with E-state index in [2.05, 4.69) is 58.1 Å². The molecule has 4 nitrogen and oxygen atoms in total.